The zero-order valence-electron chi connectivity index (χ0n) is 10.8. The third kappa shape index (κ3) is 5.47. The number of hydrogen-bond donors (Lipinski definition) is 1. The molecule has 0 heterocycles. The van der Waals surface area contributed by atoms with E-state index in [1.54, 1.807) is 0 Å². The maximum atomic E-state index is 5.69. The van der Waals surface area contributed by atoms with Crippen LogP contribution in [0.4, 0.5) is 0 Å². The van der Waals surface area contributed by atoms with Gasteiger partial charge < -0.3 is 10.6 Å². The van der Waals surface area contributed by atoms with Crippen LogP contribution in [0, 0.1) is 5.41 Å². The molecule has 0 aliphatic rings. The Kier molecular flexibility index (Phi) is 6.37. The summed E-state index contributed by atoms with van der Waals surface area (Å²) in [7, 11) is 2.18. The summed E-state index contributed by atoms with van der Waals surface area (Å²) >= 11 is 5.05. The summed E-state index contributed by atoms with van der Waals surface area (Å²) in [5.41, 5.74) is 5.70. The summed E-state index contributed by atoms with van der Waals surface area (Å²) in [6, 6.07) is 0.665. The van der Waals surface area contributed by atoms with Crippen LogP contribution in [-0.2, 0) is 0 Å². The number of thiocarbonyl (C=S) groups is 1. The molecule has 0 amide bonds. The van der Waals surface area contributed by atoms with E-state index in [1.807, 2.05) is 0 Å². The monoisotopic (exact) mass is 230 g/mol. The SMILES string of the molecule is CCC(C)N(C)CCCC(C)(C)C(N)=S. The molecule has 0 radical (unpaired) electrons. The molecule has 90 valence electrons. The van der Waals surface area contributed by atoms with E-state index in [0.717, 1.165) is 19.4 Å². The fourth-order valence-electron chi connectivity index (χ4n) is 1.43. The highest BCUT2D eigenvalue weighted by atomic mass is 32.1. The molecule has 0 spiro atoms. The Morgan fingerprint density at radius 3 is 2.40 bits per heavy atom. The van der Waals surface area contributed by atoms with E-state index in [1.165, 1.54) is 6.42 Å². The minimum atomic E-state index is 0.00558. The van der Waals surface area contributed by atoms with Crippen molar-refractivity contribution in [2.75, 3.05) is 13.6 Å². The van der Waals surface area contributed by atoms with Gasteiger partial charge in [-0.05, 0) is 39.8 Å². The average Bonchev–Trinajstić information content (AvgIpc) is 2.15. The molecule has 1 unspecified atom stereocenters. The molecule has 15 heavy (non-hydrogen) atoms. The Morgan fingerprint density at radius 2 is 2.00 bits per heavy atom. The molecule has 0 aliphatic carbocycles. The first-order valence-electron chi connectivity index (χ1n) is 5.81. The van der Waals surface area contributed by atoms with E-state index in [-0.39, 0.29) is 5.41 Å². The molecular formula is C12H26N2S. The lowest BCUT2D eigenvalue weighted by Gasteiger charge is -2.27. The summed E-state index contributed by atoms with van der Waals surface area (Å²) in [4.78, 5) is 3.03. The molecule has 0 bridgehead atoms. The number of rotatable bonds is 7. The Balaban J connectivity index is 3.84. The van der Waals surface area contributed by atoms with Gasteiger partial charge in [0, 0.05) is 11.5 Å². The molecule has 0 saturated heterocycles. The average molecular weight is 230 g/mol. The molecule has 0 aliphatic heterocycles. The summed E-state index contributed by atoms with van der Waals surface area (Å²) < 4.78 is 0. The topological polar surface area (TPSA) is 29.3 Å². The van der Waals surface area contributed by atoms with Crippen molar-refractivity contribution in [2.45, 2.75) is 53.0 Å². The maximum Gasteiger partial charge on any atom is 0.0784 e. The number of nitrogens with two attached hydrogens (primary N) is 1. The third-order valence-electron chi connectivity index (χ3n) is 3.32. The van der Waals surface area contributed by atoms with Crippen LogP contribution in [0.25, 0.3) is 0 Å². The second kappa shape index (κ2) is 6.44. The van der Waals surface area contributed by atoms with E-state index in [9.17, 15) is 0 Å². The highest BCUT2D eigenvalue weighted by molar-refractivity contribution is 7.80. The van der Waals surface area contributed by atoms with Crippen molar-refractivity contribution in [1.29, 1.82) is 0 Å². The third-order valence-corrected chi connectivity index (χ3v) is 3.88. The normalized spacial score (nSPS) is 14.3. The minimum absolute atomic E-state index is 0.00558. The van der Waals surface area contributed by atoms with Crippen LogP contribution in [0.2, 0.25) is 0 Å². The minimum Gasteiger partial charge on any atom is -0.393 e. The van der Waals surface area contributed by atoms with Gasteiger partial charge in [0.1, 0.15) is 0 Å². The molecule has 3 heteroatoms. The molecule has 1 atom stereocenters. The van der Waals surface area contributed by atoms with E-state index in [2.05, 4.69) is 39.6 Å². The molecule has 2 N–H and O–H groups in total. The maximum absolute atomic E-state index is 5.69. The molecule has 0 fully saturated rings. The zero-order valence-corrected chi connectivity index (χ0v) is 11.7. The van der Waals surface area contributed by atoms with Gasteiger partial charge in [0.05, 0.1) is 4.99 Å². The van der Waals surface area contributed by atoms with Crippen LogP contribution in [0.1, 0.15) is 47.0 Å². The van der Waals surface area contributed by atoms with E-state index in [4.69, 9.17) is 18.0 Å². The fraction of sp³-hybridized carbons (Fsp3) is 0.917. The van der Waals surface area contributed by atoms with Gasteiger partial charge in [-0.2, -0.15) is 0 Å². The Bertz CT molecular complexity index is 202. The first-order chi connectivity index (χ1) is 6.81. The predicted octanol–water partition coefficient (Wildman–Crippen LogP) is 2.81. The predicted molar refractivity (Wildman–Crippen MR) is 72.2 cm³/mol. The van der Waals surface area contributed by atoms with Crippen LogP contribution in [-0.4, -0.2) is 29.5 Å². The van der Waals surface area contributed by atoms with E-state index < -0.39 is 0 Å². The van der Waals surface area contributed by atoms with Crippen molar-refractivity contribution in [1.82, 2.24) is 4.90 Å². The van der Waals surface area contributed by atoms with Crippen LogP contribution >= 0.6 is 12.2 Å². The van der Waals surface area contributed by atoms with Gasteiger partial charge >= 0.3 is 0 Å². The van der Waals surface area contributed by atoms with Gasteiger partial charge in [-0.3, -0.25) is 0 Å². The van der Waals surface area contributed by atoms with Crippen molar-refractivity contribution >= 4 is 17.2 Å². The van der Waals surface area contributed by atoms with Crippen LogP contribution in [0.5, 0.6) is 0 Å². The first-order valence-corrected chi connectivity index (χ1v) is 6.22. The summed E-state index contributed by atoms with van der Waals surface area (Å²) in [6.45, 7) is 9.86. The van der Waals surface area contributed by atoms with Gasteiger partial charge in [-0.15, -0.1) is 0 Å². The van der Waals surface area contributed by atoms with Gasteiger partial charge in [-0.25, -0.2) is 0 Å². The van der Waals surface area contributed by atoms with Crippen molar-refractivity contribution in [3.05, 3.63) is 0 Å². The lowest BCUT2D eigenvalue weighted by Crippen LogP contribution is -2.33. The van der Waals surface area contributed by atoms with Crippen LogP contribution in [0.15, 0.2) is 0 Å². The Labute approximate surface area is 100 Å². The van der Waals surface area contributed by atoms with E-state index in [0.29, 0.717) is 11.0 Å². The Morgan fingerprint density at radius 1 is 1.47 bits per heavy atom. The van der Waals surface area contributed by atoms with Crippen LogP contribution in [0.3, 0.4) is 0 Å². The lowest BCUT2D eigenvalue weighted by atomic mass is 9.88. The van der Waals surface area contributed by atoms with Crippen molar-refractivity contribution in [3.63, 3.8) is 0 Å². The number of nitrogens with zero attached hydrogens (tertiary/aromatic N) is 1. The quantitative estimate of drug-likeness (QED) is 0.682. The summed E-state index contributed by atoms with van der Waals surface area (Å²) in [6.07, 6.45) is 3.43. The molecular weight excluding hydrogens is 204 g/mol. The molecule has 0 rings (SSSR count). The molecule has 0 saturated carbocycles. The van der Waals surface area contributed by atoms with Gasteiger partial charge in [-0.1, -0.05) is 33.0 Å². The summed E-state index contributed by atoms with van der Waals surface area (Å²) in [5, 5.41) is 0. The second-order valence-electron chi connectivity index (χ2n) is 5.09. The van der Waals surface area contributed by atoms with Gasteiger partial charge in [0.2, 0.25) is 0 Å². The van der Waals surface area contributed by atoms with Gasteiger partial charge in [0.15, 0.2) is 0 Å². The summed E-state index contributed by atoms with van der Waals surface area (Å²) in [5.74, 6) is 0. The fourth-order valence-corrected chi connectivity index (χ4v) is 1.53. The van der Waals surface area contributed by atoms with Crippen molar-refractivity contribution in [2.24, 2.45) is 11.1 Å². The van der Waals surface area contributed by atoms with Crippen molar-refractivity contribution < 1.29 is 0 Å². The molecule has 0 aromatic rings. The van der Waals surface area contributed by atoms with Crippen molar-refractivity contribution in [3.8, 4) is 0 Å². The number of hydrogen-bond acceptors (Lipinski definition) is 2. The molecule has 0 aromatic carbocycles. The molecule has 0 aromatic heterocycles. The van der Waals surface area contributed by atoms with Crippen LogP contribution < -0.4 is 5.73 Å². The Hall–Kier alpha value is -0.150. The largest absolute Gasteiger partial charge is 0.393 e. The van der Waals surface area contributed by atoms with E-state index >= 15 is 0 Å². The smallest absolute Gasteiger partial charge is 0.0784 e. The standard InChI is InChI=1S/C12H26N2S/c1-6-10(2)14(5)9-7-8-12(3,4)11(13)15/h10H,6-9H2,1-5H3,(H2,13,15). The second-order valence-corrected chi connectivity index (χ2v) is 5.53. The van der Waals surface area contributed by atoms with Gasteiger partial charge in [0.25, 0.3) is 0 Å². The highest BCUT2D eigenvalue weighted by Crippen LogP contribution is 2.22. The highest BCUT2D eigenvalue weighted by Gasteiger charge is 2.21. The zero-order chi connectivity index (χ0) is 12.1. The molecule has 2 nitrogen and oxygen atoms in total. The first kappa shape index (κ1) is 14.8. The lowest BCUT2D eigenvalue weighted by molar-refractivity contribution is 0.239.